The van der Waals surface area contributed by atoms with Gasteiger partial charge in [0.15, 0.2) is 0 Å². The molecular weight excluding hydrogens is 349 g/mol. The van der Waals surface area contributed by atoms with Gasteiger partial charge in [-0.05, 0) is 50.6 Å². The van der Waals surface area contributed by atoms with Gasteiger partial charge < -0.3 is 15.0 Å². The molecule has 0 saturated carbocycles. The molecule has 1 unspecified atom stereocenters. The van der Waals surface area contributed by atoms with Gasteiger partial charge in [-0.1, -0.05) is 12.1 Å². The molecule has 2 amide bonds. The number of carbonyl (C=O) groups excluding carboxylic acids is 2. The van der Waals surface area contributed by atoms with E-state index in [2.05, 4.69) is 10.2 Å². The van der Waals surface area contributed by atoms with E-state index in [1.807, 2.05) is 11.8 Å². The maximum atomic E-state index is 12.9. The maximum Gasteiger partial charge on any atom is 0.237 e. The lowest BCUT2D eigenvalue weighted by Crippen LogP contribution is -2.51. The minimum Gasteiger partial charge on any atom is -0.378 e. The quantitative estimate of drug-likeness (QED) is 0.843. The van der Waals surface area contributed by atoms with E-state index in [-0.39, 0.29) is 29.6 Å². The fourth-order valence-corrected chi connectivity index (χ4v) is 3.68. The number of nitrogens with zero attached hydrogens (tertiary/aromatic N) is 2. The largest absolute Gasteiger partial charge is 0.378 e. The fourth-order valence-electron chi connectivity index (χ4n) is 3.68. The van der Waals surface area contributed by atoms with Crippen LogP contribution in [-0.4, -0.2) is 67.0 Å². The summed E-state index contributed by atoms with van der Waals surface area (Å²) in [7, 11) is 0. The third kappa shape index (κ3) is 5.26. The monoisotopic (exact) mass is 377 g/mol. The van der Waals surface area contributed by atoms with Crippen LogP contribution >= 0.6 is 0 Å². The lowest BCUT2D eigenvalue weighted by Gasteiger charge is -2.37. The Balaban J connectivity index is 1.43. The van der Waals surface area contributed by atoms with Gasteiger partial charge >= 0.3 is 0 Å². The maximum absolute atomic E-state index is 12.9. The highest BCUT2D eigenvalue weighted by atomic mass is 19.1. The van der Waals surface area contributed by atoms with Crippen LogP contribution in [0.5, 0.6) is 0 Å². The summed E-state index contributed by atoms with van der Waals surface area (Å²) < 4.78 is 18.2. The Bertz CT molecular complexity index is 638. The molecule has 0 radical (unpaired) electrons. The summed E-state index contributed by atoms with van der Waals surface area (Å²) in [6, 6.07) is 5.87. The van der Waals surface area contributed by atoms with Crippen LogP contribution in [0, 0.1) is 11.7 Å². The van der Waals surface area contributed by atoms with Crippen molar-refractivity contribution >= 4 is 11.8 Å². The van der Waals surface area contributed by atoms with Crippen molar-refractivity contribution in [2.75, 3.05) is 39.4 Å². The molecule has 3 rings (SSSR count). The molecule has 6 nitrogen and oxygen atoms in total. The van der Waals surface area contributed by atoms with Crippen LogP contribution in [0.15, 0.2) is 24.3 Å². The second kappa shape index (κ2) is 9.28. The first-order valence-electron chi connectivity index (χ1n) is 9.67. The van der Waals surface area contributed by atoms with Gasteiger partial charge in [-0.25, -0.2) is 4.39 Å². The molecule has 2 fully saturated rings. The predicted octanol–water partition coefficient (Wildman–Crippen LogP) is 1.40. The average molecular weight is 377 g/mol. The summed E-state index contributed by atoms with van der Waals surface area (Å²) in [6.45, 7) is 6.37. The highest BCUT2D eigenvalue weighted by molar-refractivity contribution is 5.81. The first kappa shape index (κ1) is 19.8. The Morgan fingerprint density at radius 2 is 1.78 bits per heavy atom. The Morgan fingerprint density at radius 3 is 2.41 bits per heavy atom. The van der Waals surface area contributed by atoms with E-state index in [1.165, 1.54) is 12.1 Å². The van der Waals surface area contributed by atoms with Crippen LogP contribution in [0.1, 0.15) is 25.3 Å². The predicted molar refractivity (Wildman–Crippen MR) is 99.4 cm³/mol. The van der Waals surface area contributed by atoms with E-state index >= 15 is 0 Å². The SMILES string of the molecule is CC(C(=O)NCc1ccc(F)cc1)N1CCC(C(=O)N2CCOCC2)CC1. The summed E-state index contributed by atoms with van der Waals surface area (Å²) in [5, 5.41) is 2.91. The number of rotatable bonds is 5. The Labute approximate surface area is 159 Å². The second-order valence-corrected chi connectivity index (χ2v) is 7.27. The van der Waals surface area contributed by atoms with Gasteiger partial charge in [-0.3, -0.25) is 14.5 Å². The van der Waals surface area contributed by atoms with Crippen LogP contribution < -0.4 is 5.32 Å². The number of ether oxygens (including phenoxy) is 1. The molecule has 0 aromatic heterocycles. The number of benzene rings is 1. The summed E-state index contributed by atoms with van der Waals surface area (Å²) >= 11 is 0. The highest BCUT2D eigenvalue weighted by Gasteiger charge is 2.32. The molecule has 1 aromatic rings. The number of carbonyl (C=O) groups is 2. The highest BCUT2D eigenvalue weighted by Crippen LogP contribution is 2.22. The first-order chi connectivity index (χ1) is 13.0. The van der Waals surface area contributed by atoms with E-state index in [0.717, 1.165) is 31.5 Å². The Kier molecular flexibility index (Phi) is 6.79. The summed E-state index contributed by atoms with van der Waals surface area (Å²) in [5.41, 5.74) is 0.867. The van der Waals surface area contributed by atoms with Crippen molar-refractivity contribution in [2.24, 2.45) is 5.92 Å². The van der Waals surface area contributed by atoms with Gasteiger partial charge in [-0.15, -0.1) is 0 Å². The van der Waals surface area contributed by atoms with Gasteiger partial charge in [0.25, 0.3) is 0 Å². The number of nitrogens with one attached hydrogen (secondary N) is 1. The van der Waals surface area contributed by atoms with Gasteiger partial charge in [0.1, 0.15) is 5.82 Å². The van der Waals surface area contributed by atoms with Gasteiger partial charge in [0, 0.05) is 25.6 Å². The van der Waals surface area contributed by atoms with Crippen molar-refractivity contribution in [2.45, 2.75) is 32.4 Å². The van der Waals surface area contributed by atoms with E-state index in [0.29, 0.717) is 32.8 Å². The minimum atomic E-state index is -0.284. The molecule has 7 heteroatoms. The Morgan fingerprint density at radius 1 is 1.15 bits per heavy atom. The molecule has 2 aliphatic rings. The van der Waals surface area contributed by atoms with Crippen LogP contribution in [0.25, 0.3) is 0 Å². The normalized spacial score (nSPS) is 20.3. The third-order valence-electron chi connectivity index (χ3n) is 5.51. The molecule has 27 heavy (non-hydrogen) atoms. The smallest absolute Gasteiger partial charge is 0.237 e. The number of piperidine rings is 1. The van der Waals surface area contributed by atoms with Crippen LogP contribution in [0.3, 0.4) is 0 Å². The van der Waals surface area contributed by atoms with Crippen LogP contribution in [0.4, 0.5) is 4.39 Å². The van der Waals surface area contributed by atoms with Crippen molar-refractivity contribution in [1.29, 1.82) is 0 Å². The number of hydrogen-bond donors (Lipinski definition) is 1. The van der Waals surface area contributed by atoms with Crippen molar-refractivity contribution in [1.82, 2.24) is 15.1 Å². The van der Waals surface area contributed by atoms with Crippen molar-refractivity contribution in [3.05, 3.63) is 35.6 Å². The molecular formula is C20H28FN3O3. The Hall–Kier alpha value is -1.99. The molecule has 2 saturated heterocycles. The van der Waals surface area contributed by atoms with Crippen LogP contribution in [0.2, 0.25) is 0 Å². The van der Waals surface area contributed by atoms with Crippen molar-refractivity contribution in [3.8, 4) is 0 Å². The number of morpholine rings is 1. The molecule has 0 aliphatic carbocycles. The average Bonchev–Trinajstić information content (AvgIpc) is 2.73. The molecule has 148 valence electrons. The van der Waals surface area contributed by atoms with Gasteiger partial charge in [0.2, 0.25) is 11.8 Å². The lowest BCUT2D eigenvalue weighted by atomic mass is 9.94. The molecule has 1 aromatic carbocycles. The number of amides is 2. The molecule has 0 spiro atoms. The standard InChI is InChI=1S/C20H28FN3O3/c1-15(19(25)22-14-16-2-4-18(21)5-3-16)23-8-6-17(7-9-23)20(26)24-10-12-27-13-11-24/h2-5,15,17H,6-14H2,1H3,(H,22,25). The van der Waals surface area contributed by atoms with Gasteiger partial charge in [0.05, 0.1) is 19.3 Å². The number of halogens is 1. The molecule has 2 aliphatic heterocycles. The van der Waals surface area contributed by atoms with E-state index in [4.69, 9.17) is 4.74 Å². The van der Waals surface area contributed by atoms with Crippen molar-refractivity contribution in [3.63, 3.8) is 0 Å². The zero-order chi connectivity index (χ0) is 19.2. The van der Waals surface area contributed by atoms with E-state index in [1.54, 1.807) is 12.1 Å². The summed E-state index contributed by atoms with van der Waals surface area (Å²) in [6.07, 6.45) is 1.57. The second-order valence-electron chi connectivity index (χ2n) is 7.27. The minimum absolute atomic E-state index is 0.0442. The molecule has 0 bridgehead atoms. The molecule has 1 N–H and O–H groups in total. The fraction of sp³-hybridized carbons (Fsp3) is 0.600. The number of likely N-dealkylation sites (tertiary alicyclic amines) is 1. The zero-order valence-electron chi connectivity index (χ0n) is 15.8. The topological polar surface area (TPSA) is 61.9 Å². The van der Waals surface area contributed by atoms with E-state index < -0.39 is 0 Å². The van der Waals surface area contributed by atoms with E-state index in [9.17, 15) is 14.0 Å². The molecule has 2 heterocycles. The van der Waals surface area contributed by atoms with Crippen LogP contribution in [-0.2, 0) is 20.9 Å². The van der Waals surface area contributed by atoms with Crippen molar-refractivity contribution < 1.29 is 18.7 Å². The molecule has 1 atom stereocenters. The summed E-state index contributed by atoms with van der Waals surface area (Å²) in [4.78, 5) is 29.1. The number of hydrogen-bond acceptors (Lipinski definition) is 4. The zero-order valence-corrected chi connectivity index (χ0v) is 15.8. The first-order valence-corrected chi connectivity index (χ1v) is 9.67. The third-order valence-corrected chi connectivity index (χ3v) is 5.51. The summed E-state index contributed by atoms with van der Waals surface area (Å²) in [5.74, 6) is -0.0505. The van der Waals surface area contributed by atoms with Gasteiger partial charge in [-0.2, -0.15) is 0 Å². The lowest BCUT2D eigenvalue weighted by molar-refractivity contribution is -0.141.